The standard InChI is InChI=1S/C20H17N3O2/c1-12-11-16(14-5-2-3-7-17(14)21-12)20(25)23-22-18-10-9-15-13(18)6-4-8-19(15)24/h2-8,11,24H,9-10H2,1H3,(H,23,25)/b22-18+. The van der Waals surface area contributed by atoms with Crippen molar-refractivity contribution in [2.24, 2.45) is 5.10 Å². The number of amides is 1. The van der Waals surface area contributed by atoms with Gasteiger partial charge in [-0.2, -0.15) is 5.10 Å². The summed E-state index contributed by atoms with van der Waals surface area (Å²) < 4.78 is 0. The highest BCUT2D eigenvalue weighted by molar-refractivity contribution is 6.08. The fourth-order valence-electron chi connectivity index (χ4n) is 3.28. The summed E-state index contributed by atoms with van der Waals surface area (Å²) in [5.41, 5.74) is 7.37. The second-order valence-corrected chi connectivity index (χ2v) is 6.13. The normalized spacial score (nSPS) is 14.7. The first-order valence-electron chi connectivity index (χ1n) is 8.18. The predicted octanol–water partition coefficient (Wildman–Crippen LogP) is 3.33. The lowest BCUT2D eigenvalue weighted by Gasteiger charge is -2.07. The Balaban J connectivity index is 1.66. The van der Waals surface area contributed by atoms with Crippen molar-refractivity contribution in [1.82, 2.24) is 10.4 Å². The fourth-order valence-corrected chi connectivity index (χ4v) is 3.28. The van der Waals surface area contributed by atoms with E-state index in [9.17, 15) is 9.90 Å². The number of aryl methyl sites for hydroxylation is 1. The number of rotatable bonds is 2. The molecule has 2 aromatic carbocycles. The van der Waals surface area contributed by atoms with Gasteiger partial charge in [0.05, 0.1) is 16.8 Å². The molecule has 0 spiro atoms. The number of carbonyl (C=O) groups excluding carboxylic acids is 1. The first-order valence-corrected chi connectivity index (χ1v) is 8.18. The first-order chi connectivity index (χ1) is 12.1. The van der Waals surface area contributed by atoms with E-state index in [1.54, 1.807) is 18.2 Å². The van der Waals surface area contributed by atoms with E-state index in [2.05, 4.69) is 15.5 Å². The molecule has 0 radical (unpaired) electrons. The highest BCUT2D eigenvalue weighted by Gasteiger charge is 2.21. The van der Waals surface area contributed by atoms with Gasteiger partial charge < -0.3 is 5.11 Å². The van der Waals surface area contributed by atoms with E-state index in [-0.39, 0.29) is 11.7 Å². The smallest absolute Gasteiger partial charge is 0.272 e. The molecule has 1 aliphatic rings. The number of pyridine rings is 1. The molecule has 0 aliphatic heterocycles. The number of fused-ring (bicyclic) bond motifs is 2. The van der Waals surface area contributed by atoms with Crippen LogP contribution in [0.15, 0.2) is 53.6 Å². The second kappa shape index (κ2) is 6.02. The molecule has 0 bridgehead atoms. The summed E-state index contributed by atoms with van der Waals surface area (Å²) in [5.74, 6) is 0.0209. The lowest BCUT2D eigenvalue weighted by atomic mass is 10.1. The van der Waals surface area contributed by atoms with Crippen LogP contribution in [0.5, 0.6) is 5.75 Å². The Morgan fingerprint density at radius 3 is 2.88 bits per heavy atom. The first kappa shape index (κ1) is 15.3. The minimum Gasteiger partial charge on any atom is -0.508 e. The van der Waals surface area contributed by atoms with E-state index in [1.807, 2.05) is 37.3 Å². The largest absolute Gasteiger partial charge is 0.508 e. The number of aromatic hydroxyl groups is 1. The van der Waals surface area contributed by atoms with Crippen LogP contribution in [0, 0.1) is 6.92 Å². The number of phenols is 1. The molecule has 0 unspecified atom stereocenters. The van der Waals surface area contributed by atoms with E-state index < -0.39 is 0 Å². The Morgan fingerprint density at radius 2 is 2.00 bits per heavy atom. The minimum atomic E-state index is -0.261. The zero-order chi connectivity index (χ0) is 17.4. The third kappa shape index (κ3) is 2.74. The van der Waals surface area contributed by atoms with E-state index in [0.29, 0.717) is 12.0 Å². The molecule has 1 aromatic heterocycles. The van der Waals surface area contributed by atoms with Crippen LogP contribution < -0.4 is 5.43 Å². The quantitative estimate of drug-likeness (QED) is 0.707. The molecule has 5 heteroatoms. The highest BCUT2D eigenvalue weighted by Crippen LogP contribution is 2.29. The van der Waals surface area contributed by atoms with Crippen molar-refractivity contribution >= 4 is 22.5 Å². The topological polar surface area (TPSA) is 74.6 Å². The number of hydrogen-bond donors (Lipinski definition) is 2. The Bertz CT molecular complexity index is 1020. The van der Waals surface area contributed by atoms with Crippen molar-refractivity contribution in [3.8, 4) is 5.75 Å². The Morgan fingerprint density at radius 1 is 1.16 bits per heavy atom. The molecular weight excluding hydrogens is 314 g/mol. The molecule has 1 amide bonds. The Kier molecular flexibility index (Phi) is 3.69. The Labute approximate surface area is 145 Å². The van der Waals surface area contributed by atoms with Crippen LogP contribution in [0.3, 0.4) is 0 Å². The lowest BCUT2D eigenvalue weighted by Crippen LogP contribution is -2.20. The number of nitrogens with zero attached hydrogens (tertiary/aromatic N) is 2. The summed E-state index contributed by atoms with van der Waals surface area (Å²) in [6.07, 6.45) is 1.43. The maximum Gasteiger partial charge on any atom is 0.272 e. The number of phenolic OH excluding ortho intramolecular Hbond substituents is 1. The predicted molar refractivity (Wildman–Crippen MR) is 96.9 cm³/mol. The molecule has 0 saturated carbocycles. The third-order valence-corrected chi connectivity index (χ3v) is 4.46. The number of carbonyl (C=O) groups is 1. The van der Waals surface area contributed by atoms with E-state index in [4.69, 9.17) is 0 Å². The minimum absolute atomic E-state index is 0.261. The zero-order valence-corrected chi connectivity index (χ0v) is 13.8. The third-order valence-electron chi connectivity index (χ3n) is 4.46. The van der Waals surface area contributed by atoms with Crippen molar-refractivity contribution in [2.45, 2.75) is 19.8 Å². The summed E-state index contributed by atoms with van der Waals surface area (Å²) in [5, 5.41) is 15.0. The second-order valence-electron chi connectivity index (χ2n) is 6.13. The number of hydrogen-bond acceptors (Lipinski definition) is 4. The van der Waals surface area contributed by atoms with Crippen LogP contribution in [-0.2, 0) is 6.42 Å². The Hall–Kier alpha value is -3.21. The maximum atomic E-state index is 12.7. The van der Waals surface area contributed by atoms with Gasteiger partial charge in [0, 0.05) is 22.2 Å². The molecule has 5 nitrogen and oxygen atoms in total. The van der Waals surface area contributed by atoms with Gasteiger partial charge in [-0.25, -0.2) is 5.43 Å². The van der Waals surface area contributed by atoms with Crippen LogP contribution in [-0.4, -0.2) is 21.7 Å². The summed E-state index contributed by atoms with van der Waals surface area (Å²) in [7, 11) is 0. The summed E-state index contributed by atoms with van der Waals surface area (Å²) in [4.78, 5) is 17.1. The fraction of sp³-hybridized carbons (Fsp3) is 0.150. The van der Waals surface area contributed by atoms with Crippen molar-refractivity contribution in [3.63, 3.8) is 0 Å². The van der Waals surface area contributed by atoms with Crippen molar-refractivity contribution in [2.75, 3.05) is 0 Å². The van der Waals surface area contributed by atoms with Crippen LogP contribution in [0.25, 0.3) is 10.9 Å². The zero-order valence-electron chi connectivity index (χ0n) is 13.8. The number of hydrazone groups is 1. The molecule has 1 heterocycles. The van der Waals surface area contributed by atoms with Crippen molar-refractivity contribution in [3.05, 3.63) is 70.9 Å². The van der Waals surface area contributed by atoms with Gasteiger partial charge in [0.15, 0.2) is 0 Å². The SMILES string of the molecule is Cc1cc(C(=O)N/N=C2\CCc3c(O)cccc32)c2ccccc2n1. The molecule has 25 heavy (non-hydrogen) atoms. The molecule has 2 N–H and O–H groups in total. The van der Waals surface area contributed by atoms with Gasteiger partial charge in [0.2, 0.25) is 0 Å². The van der Waals surface area contributed by atoms with Crippen LogP contribution in [0.4, 0.5) is 0 Å². The molecule has 1 aliphatic carbocycles. The van der Waals surface area contributed by atoms with Gasteiger partial charge in [-0.15, -0.1) is 0 Å². The van der Waals surface area contributed by atoms with E-state index in [1.165, 1.54) is 0 Å². The monoisotopic (exact) mass is 331 g/mol. The van der Waals surface area contributed by atoms with Gasteiger partial charge in [0.25, 0.3) is 5.91 Å². The number of para-hydroxylation sites is 1. The van der Waals surface area contributed by atoms with Crippen molar-refractivity contribution < 1.29 is 9.90 Å². The number of aromatic nitrogens is 1. The molecule has 124 valence electrons. The van der Waals surface area contributed by atoms with Crippen LogP contribution in [0.1, 0.15) is 33.6 Å². The molecule has 0 atom stereocenters. The van der Waals surface area contributed by atoms with Crippen LogP contribution in [0.2, 0.25) is 0 Å². The average molecular weight is 331 g/mol. The van der Waals surface area contributed by atoms with E-state index >= 15 is 0 Å². The van der Waals surface area contributed by atoms with Crippen LogP contribution >= 0.6 is 0 Å². The maximum absolute atomic E-state index is 12.7. The molecule has 0 saturated heterocycles. The molecule has 0 fully saturated rings. The van der Waals surface area contributed by atoms with Gasteiger partial charge >= 0.3 is 0 Å². The van der Waals surface area contributed by atoms with Crippen molar-refractivity contribution in [1.29, 1.82) is 0 Å². The van der Waals surface area contributed by atoms with Gasteiger partial charge in [-0.1, -0.05) is 30.3 Å². The summed E-state index contributed by atoms with van der Waals surface area (Å²) in [6, 6.07) is 14.7. The average Bonchev–Trinajstić information content (AvgIpc) is 3.03. The number of nitrogens with one attached hydrogen (secondary N) is 1. The summed E-state index contributed by atoms with van der Waals surface area (Å²) >= 11 is 0. The number of benzene rings is 2. The summed E-state index contributed by atoms with van der Waals surface area (Å²) in [6.45, 7) is 1.87. The van der Waals surface area contributed by atoms with Gasteiger partial charge in [-0.3, -0.25) is 9.78 Å². The van der Waals surface area contributed by atoms with Gasteiger partial charge in [0.1, 0.15) is 5.75 Å². The van der Waals surface area contributed by atoms with E-state index in [0.717, 1.165) is 39.9 Å². The molecule has 3 aromatic rings. The molecular formula is C20H17N3O2. The highest BCUT2D eigenvalue weighted by atomic mass is 16.3. The molecule has 4 rings (SSSR count). The van der Waals surface area contributed by atoms with Gasteiger partial charge in [-0.05, 0) is 38.0 Å². The lowest BCUT2D eigenvalue weighted by molar-refractivity contribution is 0.0956.